The monoisotopic (exact) mass is 376 g/mol. The number of allylic oxidation sites excluding steroid dienone is 1. The van der Waals surface area contributed by atoms with Crippen LogP contribution in [0.4, 0.5) is 4.39 Å². The first-order valence-corrected chi connectivity index (χ1v) is 8.84. The summed E-state index contributed by atoms with van der Waals surface area (Å²) in [7, 11) is 0. The van der Waals surface area contributed by atoms with E-state index in [9.17, 15) is 4.39 Å². The minimum Gasteiger partial charge on any atom is -0.484 e. The molecule has 0 bridgehead atoms. The van der Waals surface area contributed by atoms with Crippen LogP contribution >= 0.6 is 23.2 Å². The number of rotatable bonds is 2. The van der Waals surface area contributed by atoms with Gasteiger partial charge >= 0.3 is 0 Å². The summed E-state index contributed by atoms with van der Waals surface area (Å²) in [6, 6.07) is 6.84. The summed E-state index contributed by atoms with van der Waals surface area (Å²) < 4.78 is 20.1. The van der Waals surface area contributed by atoms with E-state index in [1.807, 2.05) is 18.3 Å². The van der Waals surface area contributed by atoms with Gasteiger partial charge in [-0.25, -0.2) is 4.39 Å². The second-order valence-electron chi connectivity index (χ2n) is 6.18. The van der Waals surface area contributed by atoms with Crippen LogP contribution in [0.15, 0.2) is 46.7 Å². The topological polar surface area (TPSA) is 34.5 Å². The van der Waals surface area contributed by atoms with Gasteiger partial charge in [-0.05, 0) is 54.7 Å². The fraction of sp³-hybridized carbons (Fsp3) is 0.263. The molecule has 0 radical (unpaired) electrons. The van der Waals surface area contributed by atoms with Crippen molar-refractivity contribution < 1.29 is 9.13 Å². The van der Waals surface area contributed by atoms with Gasteiger partial charge in [-0.15, -0.1) is 0 Å². The van der Waals surface area contributed by atoms with E-state index in [1.54, 1.807) is 18.5 Å². The number of benzene rings is 1. The van der Waals surface area contributed by atoms with Crippen LogP contribution in [-0.4, -0.2) is 11.2 Å². The van der Waals surface area contributed by atoms with Crippen LogP contribution in [0, 0.1) is 5.82 Å². The third kappa shape index (κ3) is 3.29. The Kier molecular flexibility index (Phi) is 4.48. The Bertz CT molecular complexity index is 882. The van der Waals surface area contributed by atoms with Crippen LogP contribution in [0.25, 0.3) is 0 Å². The maximum atomic E-state index is 14.0. The zero-order valence-corrected chi connectivity index (χ0v) is 14.8. The molecule has 6 heteroatoms. The molecule has 0 spiro atoms. The molecular formula is C19H15Cl2FN2O. The van der Waals surface area contributed by atoms with Gasteiger partial charge < -0.3 is 4.74 Å². The fourth-order valence-corrected chi connectivity index (χ4v) is 3.81. The summed E-state index contributed by atoms with van der Waals surface area (Å²) in [4.78, 5) is 8.31. The molecule has 0 amide bonds. The molecule has 0 fully saturated rings. The highest BCUT2D eigenvalue weighted by atomic mass is 35.5. The molecule has 4 rings (SSSR count). The molecule has 1 aromatic carbocycles. The SMILES string of the molecule is Fc1cccnc1C1CCc2cc(Cl)c(C3C=NC=C(Cl)C3)cc2O1. The average Bonchev–Trinajstić information content (AvgIpc) is 2.61. The Morgan fingerprint density at radius 2 is 2.12 bits per heavy atom. The molecule has 2 aliphatic heterocycles. The molecule has 3 heterocycles. The van der Waals surface area contributed by atoms with Gasteiger partial charge in [0.15, 0.2) is 0 Å². The van der Waals surface area contributed by atoms with E-state index in [1.165, 1.54) is 6.07 Å². The molecule has 0 saturated heterocycles. The summed E-state index contributed by atoms with van der Waals surface area (Å²) in [5.41, 5.74) is 2.28. The number of hydrogen-bond acceptors (Lipinski definition) is 3. The van der Waals surface area contributed by atoms with Crippen LogP contribution in [0.1, 0.15) is 41.7 Å². The van der Waals surface area contributed by atoms with E-state index in [0.29, 0.717) is 28.6 Å². The second-order valence-corrected chi connectivity index (χ2v) is 7.07. The van der Waals surface area contributed by atoms with Crippen molar-refractivity contribution in [2.45, 2.75) is 31.3 Å². The summed E-state index contributed by atoms with van der Waals surface area (Å²) >= 11 is 12.6. The molecular weight excluding hydrogens is 362 g/mol. The zero-order chi connectivity index (χ0) is 17.4. The average molecular weight is 377 g/mol. The van der Waals surface area contributed by atoms with Gasteiger partial charge in [-0.3, -0.25) is 9.98 Å². The van der Waals surface area contributed by atoms with Crippen molar-refractivity contribution in [1.29, 1.82) is 0 Å². The number of fused-ring (bicyclic) bond motifs is 1. The number of pyridine rings is 1. The minimum absolute atomic E-state index is 0.00543. The maximum Gasteiger partial charge on any atom is 0.148 e. The van der Waals surface area contributed by atoms with Gasteiger partial charge in [0.1, 0.15) is 23.4 Å². The van der Waals surface area contributed by atoms with E-state index in [4.69, 9.17) is 27.9 Å². The first kappa shape index (κ1) is 16.6. The summed E-state index contributed by atoms with van der Waals surface area (Å²) in [5.74, 6) is 0.382. The Morgan fingerprint density at radius 3 is 2.92 bits per heavy atom. The standard InChI is InChI=1S/C19H15Cl2FN2O/c20-13-6-12(9-23-10-13)14-8-18-11(7-15(14)21)3-4-17(25-18)19-16(22)2-1-5-24-19/h1-2,5,7-10,12,17H,3-4,6H2. The number of hydrogen-bond donors (Lipinski definition) is 0. The lowest BCUT2D eigenvalue weighted by Crippen LogP contribution is -2.18. The molecule has 0 N–H and O–H groups in total. The number of aryl methyl sites for hydroxylation is 1. The van der Waals surface area contributed by atoms with Crippen LogP contribution in [0.3, 0.4) is 0 Å². The second kappa shape index (κ2) is 6.77. The van der Waals surface area contributed by atoms with Crippen molar-refractivity contribution in [3.05, 3.63) is 69.4 Å². The number of halogens is 3. The molecule has 2 unspecified atom stereocenters. The molecule has 128 valence electrons. The van der Waals surface area contributed by atoms with Crippen molar-refractivity contribution in [2.75, 3.05) is 0 Å². The summed E-state index contributed by atoms with van der Waals surface area (Å²) in [6.07, 6.45) is 6.73. The lowest BCUT2D eigenvalue weighted by Gasteiger charge is -2.28. The van der Waals surface area contributed by atoms with E-state index in [-0.39, 0.29) is 11.7 Å². The first-order chi connectivity index (χ1) is 12.1. The smallest absolute Gasteiger partial charge is 0.148 e. The zero-order valence-electron chi connectivity index (χ0n) is 13.3. The highest BCUT2D eigenvalue weighted by molar-refractivity contribution is 6.32. The molecule has 1 aromatic heterocycles. The molecule has 0 aliphatic carbocycles. The predicted octanol–water partition coefficient (Wildman–Crippen LogP) is 5.58. The maximum absolute atomic E-state index is 14.0. The quantitative estimate of drug-likeness (QED) is 0.685. The van der Waals surface area contributed by atoms with E-state index in [2.05, 4.69) is 9.98 Å². The van der Waals surface area contributed by atoms with Crippen LogP contribution < -0.4 is 4.74 Å². The van der Waals surface area contributed by atoms with Gasteiger partial charge in [0.25, 0.3) is 0 Å². The van der Waals surface area contributed by atoms with E-state index in [0.717, 1.165) is 23.3 Å². The molecule has 2 aliphatic rings. The number of ether oxygens (including phenoxy) is 1. The molecule has 25 heavy (non-hydrogen) atoms. The first-order valence-electron chi connectivity index (χ1n) is 8.09. The lowest BCUT2D eigenvalue weighted by molar-refractivity contribution is 0.167. The predicted molar refractivity (Wildman–Crippen MR) is 97.1 cm³/mol. The highest BCUT2D eigenvalue weighted by Crippen LogP contribution is 2.41. The Hall–Kier alpha value is -1.91. The Labute approximate surface area is 155 Å². The normalized spacial score (nSPS) is 22.1. The van der Waals surface area contributed by atoms with Crippen molar-refractivity contribution in [3.63, 3.8) is 0 Å². The minimum atomic E-state index is -0.397. The van der Waals surface area contributed by atoms with Gasteiger partial charge in [-0.1, -0.05) is 23.2 Å². The Balaban J connectivity index is 1.66. The van der Waals surface area contributed by atoms with Gasteiger partial charge in [0, 0.05) is 34.6 Å². The number of aliphatic imine (C=N–C) groups is 1. The van der Waals surface area contributed by atoms with Crippen molar-refractivity contribution in [3.8, 4) is 5.75 Å². The third-order valence-electron chi connectivity index (χ3n) is 4.51. The van der Waals surface area contributed by atoms with Crippen LogP contribution in [0.2, 0.25) is 5.02 Å². The third-order valence-corrected chi connectivity index (χ3v) is 5.09. The van der Waals surface area contributed by atoms with Crippen LogP contribution in [-0.2, 0) is 6.42 Å². The van der Waals surface area contributed by atoms with Crippen molar-refractivity contribution >= 4 is 29.4 Å². The van der Waals surface area contributed by atoms with Gasteiger partial charge in [0.2, 0.25) is 0 Å². The number of aromatic nitrogens is 1. The van der Waals surface area contributed by atoms with E-state index >= 15 is 0 Å². The van der Waals surface area contributed by atoms with E-state index < -0.39 is 6.10 Å². The molecule has 2 aromatic rings. The largest absolute Gasteiger partial charge is 0.484 e. The summed E-state index contributed by atoms with van der Waals surface area (Å²) in [5, 5.41) is 1.36. The van der Waals surface area contributed by atoms with Crippen molar-refractivity contribution in [1.82, 2.24) is 4.98 Å². The van der Waals surface area contributed by atoms with Crippen molar-refractivity contribution in [2.24, 2.45) is 4.99 Å². The molecule has 0 saturated carbocycles. The molecule has 3 nitrogen and oxygen atoms in total. The van der Waals surface area contributed by atoms with Crippen LogP contribution in [0.5, 0.6) is 5.75 Å². The molecule has 2 atom stereocenters. The summed E-state index contributed by atoms with van der Waals surface area (Å²) in [6.45, 7) is 0. The van der Waals surface area contributed by atoms with Gasteiger partial charge in [-0.2, -0.15) is 0 Å². The number of nitrogens with zero attached hydrogens (tertiary/aromatic N) is 2. The fourth-order valence-electron chi connectivity index (χ4n) is 3.26. The lowest BCUT2D eigenvalue weighted by atomic mass is 9.92. The Morgan fingerprint density at radius 1 is 1.24 bits per heavy atom. The van der Waals surface area contributed by atoms with Gasteiger partial charge in [0.05, 0.1) is 0 Å². The highest BCUT2D eigenvalue weighted by Gasteiger charge is 2.27.